The van der Waals surface area contributed by atoms with E-state index in [1.807, 2.05) is 22.8 Å². The molecule has 0 spiro atoms. The number of anilines is 4. The predicted octanol–water partition coefficient (Wildman–Crippen LogP) is 3.16. The highest BCUT2D eigenvalue weighted by molar-refractivity contribution is 5.73. The van der Waals surface area contributed by atoms with Gasteiger partial charge in [-0.25, -0.2) is 9.50 Å². The number of amides is 1. The second-order valence-electron chi connectivity index (χ2n) is 8.59. The van der Waals surface area contributed by atoms with E-state index in [4.69, 9.17) is 4.98 Å². The molecule has 2 aliphatic rings. The Bertz CT molecular complexity index is 1490. The zero-order chi connectivity index (χ0) is 30.2. The molecule has 1 amide bonds. The zero-order valence-electron chi connectivity index (χ0n) is 22.6. The number of tetrazole rings is 1. The number of fused-ring (bicyclic) bond motifs is 1. The lowest BCUT2D eigenvalue weighted by Gasteiger charge is -2.16. The monoisotopic (exact) mass is 571 g/mol. The van der Waals surface area contributed by atoms with Crippen LogP contribution in [0.1, 0.15) is 37.3 Å². The normalized spacial score (nSPS) is 13.0. The third-order valence-corrected chi connectivity index (χ3v) is 5.85. The van der Waals surface area contributed by atoms with Crippen molar-refractivity contribution in [3.8, 4) is 25.7 Å². The lowest BCUT2D eigenvalue weighted by atomic mass is 10.3. The Morgan fingerprint density at radius 3 is 2.48 bits per heavy atom. The number of aromatic amines is 2. The minimum absolute atomic E-state index is 0.483. The fourth-order valence-electron chi connectivity index (χ4n) is 3.85. The van der Waals surface area contributed by atoms with Crippen molar-refractivity contribution in [2.24, 2.45) is 0 Å². The molecule has 216 valence electrons. The molecule has 2 fully saturated rings. The molecule has 6 heterocycles. The highest BCUT2D eigenvalue weighted by atomic mass is 19.1. The Morgan fingerprint density at radius 1 is 1.10 bits per heavy atom. The summed E-state index contributed by atoms with van der Waals surface area (Å²) in [5.74, 6) is 2.52. The summed E-state index contributed by atoms with van der Waals surface area (Å²) >= 11 is 0. The maximum Gasteiger partial charge on any atom is 0.245 e. The van der Waals surface area contributed by atoms with Crippen LogP contribution in [0.2, 0.25) is 0 Å². The first-order valence-electron chi connectivity index (χ1n) is 12.8. The maximum atomic E-state index is 12.1. The van der Waals surface area contributed by atoms with Crippen molar-refractivity contribution in [1.29, 1.82) is 0 Å². The fourth-order valence-corrected chi connectivity index (χ4v) is 3.85. The quantitative estimate of drug-likeness (QED) is 0.135. The van der Waals surface area contributed by atoms with Gasteiger partial charge in [0.2, 0.25) is 18.3 Å². The molecular formula is C27H30FN13O. The number of halogens is 1. The number of nitrogens with one attached hydrogen (secondary N) is 4. The maximum absolute atomic E-state index is 12.1. The summed E-state index contributed by atoms with van der Waals surface area (Å²) in [5.41, 5.74) is 2.66. The second-order valence-corrected chi connectivity index (χ2v) is 8.59. The van der Waals surface area contributed by atoms with Crippen molar-refractivity contribution < 1.29 is 9.18 Å². The molecule has 1 saturated heterocycles. The van der Waals surface area contributed by atoms with Crippen molar-refractivity contribution in [1.82, 2.24) is 50.4 Å². The Balaban J connectivity index is 0.000000211. The van der Waals surface area contributed by atoms with Crippen molar-refractivity contribution >= 4 is 35.2 Å². The standard InChI is InChI=1S/C16H19N7.C6H5FN2O.2C2H2.CH2N4/c1-2-8-22(7-1)16-18-15(13-4-3-9-23(13)21-16)17-14-10-12(19-20-14)11-5-6-11;7-6-2-1-5(3-8-6)9-4-10;2*1-2;1-2-4-5-3-1/h3-4,9-11H,1-2,5-8H2,(H2,17,18,19,20,21);1-4H,(H,9,10);2*1-2H;1H,(H,2,3,4,5). The van der Waals surface area contributed by atoms with Gasteiger partial charge in [0.1, 0.15) is 5.52 Å². The van der Waals surface area contributed by atoms with Crippen LogP contribution < -0.4 is 15.5 Å². The van der Waals surface area contributed by atoms with Crippen molar-refractivity contribution in [3.63, 3.8) is 0 Å². The number of pyridine rings is 1. The van der Waals surface area contributed by atoms with Gasteiger partial charge in [0, 0.05) is 37.0 Å². The number of terminal acetylenes is 2. The van der Waals surface area contributed by atoms with Gasteiger partial charge in [0.25, 0.3) is 0 Å². The number of aromatic nitrogens is 10. The van der Waals surface area contributed by atoms with E-state index in [1.54, 1.807) is 0 Å². The number of nitrogens with zero attached hydrogens (tertiary/aromatic N) is 9. The van der Waals surface area contributed by atoms with Crippen LogP contribution in [0.3, 0.4) is 0 Å². The van der Waals surface area contributed by atoms with Crippen LogP contribution in [0.4, 0.5) is 27.7 Å². The van der Waals surface area contributed by atoms with E-state index in [1.165, 1.54) is 56.0 Å². The van der Waals surface area contributed by atoms with Crippen LogP contribution in [-0.4, -0.2) is 69.9 Å². The summed E-state index contributed by atoms with van der Waals surface area (Å²) in [6.07, 6.45) is 26.0. The number of hydrogen-bond donors (Lipinski definition) is 4. The van der Waals surface area contributed by atoms with E-state index < -0.39 is 5.95 Å². The molecule has 5 aromatic heterocycles. The molecule has 0 atom stereocenters. The molecule has 15 heteroatoms. The summed E-state index contributed by atoms with van der Waals surface area (Å²) in [5, 5.41) is 30.0. The van der Waals surface area contributed by atoms with Crippen molar-refractivity contribution in [3.05, 3.63) is 60.7 Å². The molecule has 1 saturated carbocycles. The smallest absolute Gasteiger partial charge is 0.245 e. The molecule has 42 heavy (non-hydrogen) atoms. The third kappa shape index (κ3) is 8.85. The number of carbonyl (C=O) groups excluding carboxylic acids is 1. The molecule has 1 aliphatic carbocycles. The lowest BCUT2D eigenvalue weighted by Crippen LogP contribution is -2.22. The molecular weight excluding hydrogens is 541 g/mol. The first kappa shape index (κ1) is 30.7. The Kier molecular flexibility index (Phi) is 11.9. The van der Waals surface area contributed by atoms with Gasteiger partial charge in [-0.1, -0.05) is 5.21 Å². The van der Waals surface area contributed by atoms with Gasteiger partial charge in [-0.05, 0) is 49.9 Å². The number of rotatable bonds is 6. The second kappa shape index (κ2) is 16.3. The van der Waals surface area contributed by atoms with Gasteiger partial charge in [0.05, 0.1) is 11.9 Å². The van der Waals surface area contributed by atoms with Gasteiger partial charge in [-0.15, -0.1) is 41.0 Å². The molecule has 7 rings (SSSR count). The summed E-state index contributed by atoms with van der Waals surface area (Å²) in [6, 6.07) is 8.70. The molecule has 0 bridgehead atoms. The van der Waals surface area contributed by atoms with E-state index in [0.29, 0.717) is 18.0 Å². The Morgan fingerprint density at radius 2 is 1.88 bits per heavy atom. The summed E-state index contributed by atoms with van der Waals surface area (Å²) in [4.78, 5) is 20.1. The first-order valence-corrected chi connectivity index (χ1v) is 12.8. The number of carbonyl (C=O) groups is 1. The summed E-state index contributed by atoms with van der Waals surface area (Å²) in [6.45, 7) is 2.06. The average Bonchev–Trinajstić information content (AvgIpc) is 3.60. The van der Waals surface area contributed by atoms with Crippen LogP contribution in [0, 0.1) is 31.6 Å². The number of hydrogen-bond acceptors (Lipinski definition) is 10. The van der Waals surface area contributed by atoms with Crippen LogP contribution in [0.15, 0.2) is 49.1 Å². The SMILES string of the molecule is C#C.C#C.O=CNc1ccc(F)nc1.c1cc2c(Nc3cc(C4CC4)[nH]n3)nc(N3CCCC3)nn2c1.c1nn[nH]n1. The zero-order valence-corrected chi connectivity index (χ0v) is 22.6. The summed E-state index contributed by atoms with van der Waals surface area (Å²) in [7, 11) is 0. The van der Waals surface area contributed by atoms with E-state index in [0.717, 1.165) is 36.2 Å². The van der Waals surface area contributed by atoms with Crippen LogP contribution in [0.25, 0.3) is 5.52 Å². The van der Waals surface area contributed by atoms with E-state index in [-0.39, 0.29) is 0 Å². The molecule has 4 N–H and O–H groups in total. The summed E-state index contributed by atoms with van der Waals surface area (Å²) < 4.78 is 14.0. The third-order valence-electron chi connectivity index (χ3n) is 5.85. The van der Waals surface area contributed by atoms with Crippen molar-refractivity contribution in [2.75, 3.05) is 28.6 Å². The topological polar surface area (TPSA) is 171 Å². The molecule has 14 nitrogen and oxygen atoms in total. The van der Waals surface area contributed by atoms with Gasteiger partial charge in [0.15, 0.2) is 18.0 Å². The lowest BCUT2D eigenvalue weighted by molar-refractivity contribution is -0.105. The molecule has 0 unspecified atom stereocenters. The van der Waals surface area contributed by atoms with Crippen LogP contribution >= 0.6 is 0 Å². The molecule has 0 radical (unpaired) electrons. The number of H-pyrrole nitrogens is 2. The van der Waals surface area contributed by atoms with Gasteiger partial charge < -0.3 is 15.5 Å². The molecule has 0 aromatic carbocycles. The van der Waals surface area contributed by atoms with Crippen LogP contribution in [0.5, 0.6) is 0 Å². The average molecular weight is 572 g/mol. The van der Waals surface area contributed by atoms with Gasteiger partial charge in [-0.2, -0.15) is 19.7 Å². The predicted molar refractivity (Wildman–Crippen MR) is 156 cm³/mol. The molecule has 1 aliphatic heterocycles. The fraction of sp³-hybridized carbons (Fsp3) is 0.259. The molecule has 5 aromatic rings. The minimum Gasteiger partial charge on any atom is -0.340 e. The van der Waals surface area contributed by atoms with Crippen molar-refractivity contribution in [2.45, 2.75) is 31.6 Å². The largest absolute Gasteiger partial charge is 0.340 e. The minimum atomic E-state index is -0.559. The highest BCUT2D eigenvalue weighted by Crippen LogP contribution is 2.39. The van der Waals surface area contributed by atoms with Gasteiger partial charge >= 0.3 is 0 Å². The Labute approximate surface area is 241 Å². The van der Waals surface area contributed by atoms with E-state index in [2.05, 4.69) is 88.2 Å². The first-order chi connectivity index (χ1) is 20.7. The van der Waals surface area contributed by atoms with Gasteiger partial charge in [-0.3, -0.25) is 9.89 Å². The highest BCUT2D eigenvalue weighted by Gasteiger charge is 2.26. The van der Waals surface area contributed by atoms with E-state index >= 15 is 0 Å². The Hall–Kier alpha value is -5.83. The van der Waals surface area contributed by atoms with E-state index in [9.17, 15) is 9.18 Å². The van der Waals surface area contributed by atoms with Crippen LogP contribution in [-0.2, 0) is 4.79 Å².